The number of hydrogen-bond acceptors (Lipinski definition) is 5. The molecule has 1 saturated carbocycles. The van der Waals surface area contributed by atoms with Crippen LogP contribution in [0.5, 0.6) is 5.75 Å². The molecule has 25 heavy (non-hydrogen) atoms. The summed E-state index contributed by atoms with van der Waals surface area (Å²) in [6.45, 7) is 1.02. The zero-order valence-electron chi connectivity index (χ0n) is 14.3. The van der Waals surface area contributed by atoms with E-state index in [-0.39, 0.29) is 11.7 Å². The van der Waals surface area contributed by atoms with Gasteiger partial charge in [-0.3, -0.25) is 4.79 Å². The lowest BCUT2D eigenvalue weighted by atomic mass is 10.0. The second kappa shape index (κ2) is 6.19. The molecule has 0 saturated heterocycles. The van der Waals surface area contributed by atoms with Gasteiger partial charge >= 0.3 is 0 Å². The Balaban J connectivity index is 1.49. The van der Waals surface area contributed by atoms with Crippen molar-refractivity contribution in [2.24, 2.45) is 0 Å². The van der Waals surface area contributed by atoms with Gasteiger partial charge in [-0.05, 0) is 36.6 Å². The lowest BCUT2D eigenvalue weighted by Gasteiger charge is -2.27. The Morgan fingerprint density at radius 2 is 2.12 bits per heavy atom. The van der Waals surface area contributed by atoms with Crippen molar-refractivity contribution in [3.05, 3.63) is 35.6 Å². The quantitative estimate of drug-likeness (QED) is 0.924. The SMILES string of the molecule is CN(CC1(O)CCCC1)C(=O)c1cc(-c2ccc3c(c2)CCO3)no1. The molecule has 6 nitrogen and oxygen atoms in total. The van der Waals surface area contributed by atoms with Crippen LogP contribution in [0.3, 0.4) is 0 Å². The molecule has 1 fully saturated rings. The molecule has 2 heterocycles. The Hall–Kier alpha value is -2.34. The number of fused-ring (bicyclic) bond motifs is 1. The van der Waals surface area contributed by atoms with Crippen LogP contribution in [0.15, 0.2) is 28.8 Å². The van der Waals surface area contributed by atoms with Crippen molar-refractivity contribution < 1.29 is 19.2 Å². The molecular weight excluding hydrogens is 320 g/mol. The van der Waals surface area contributed by atoms with E-state index in [1.165, 1.54) is 4.90 Å². The first-order valence-electron chi connectivity index (χ1n) is 8.75. The Morgan fingerprint density at radius 1 is 1.32 bits per heavy atom. The fourth-order valence-corrected chi connectivity index (χ4v) is 3.75. The van der Waals surface area contributed by atoms with E-state index < -0.39 is 5.60 Å². The highest BCUT2D eigenvalue weighted by Crippen LogP contribution is 2.32. The Morgan fingerprint density at radius 3 is 2.92 bits per heavy atom. The van der Waals surface area contributed by atoms with Gasteiger partial charge in [0.15, 0.2) is 0 Å². The number of carbonyl (C=O) groups excluding carboxylic acids is 1. The number of likely N-dealkylation sites (N-methyl/N-ethyl adjacent to an activating group) is 1. The Kier molecular flexibility index (Phi) is 4.00. The standard InChI is InChI=1S/C19H22N2O4/c1-21(12-19(23)7-2-3-8-19)18(22)17-11-15(20-25-17)13-4-5-16-14(10-13)6-9-24-16/h4-5,10-11,23H,2-3,6-9,12H2,1H3. The van der Waals surface area contributed by atoms with E-state index in [4.69, 9.17) is 9.26 Å². The summed E-state index contributed by atoms with van der Waals surface area (Å²) in [5.41, 5.74) is 1.91. The first-order valence-corrected chi connectivity index (χ1v) is 8.75. The third-order valence-electron chi connectivity index (χ3n) is 5.12. The molecule has 0 unspecified atom stereocenters. The summed E-state index contributed by atoms with van der Waals surface area (Å²) < 4.78 is 10.8. The van der Waals surface area contributed by atoms with Crippen LogP contribution in [0.4, 0.5) is 0 Å². The van der Waals surface area contributed by atoms with Gasteiger partial charge in [0, 0.05) is 31.6 Å². The molecule has 1 aliphatic heterocycles. The minimum absolute atomic E-state index is 0.191. The van der Waals surface area contributed by atoms with Crippen LogP contribution in [0.25, 0.3) is 11.3 Å². The molecule has 0 radical (unpaired) electrons. The zero-order chi connectivity index (χ0) is 17.4. The molecule has 2 aliphatic rings. The van der Waals surface area contributed by atoms with Crippen LogP contribution in [0.2, 0.25) is 0 Å². The summed E-state index contributed by atoms with van der Waals surface area (Å²) in [4.78, 5) is 14.1. The molecule has 1 amide bonds. The normalized spacial score (nSPS) is 18.0. The molecule has 4 rings (SSSR count). The predicted molar refractivity (Wildman–Crippen MR) is 91.5 cm³/mol. The van der Waals surface area contributed by atoms with Gasteiger partial charge in [-0.15, -0.1) is 0 Å². The zero-order valence-corrected chi connectivity index (χ0v) is 14.3. The topological polar surface area (TPSA) is 75.8 Å². The molecule has 6 heteroatoms. The number of aromatic nitrogens is 1. The van der Waals surface area contributed by atoms with Crippen LogP contribution in [-0.2, 0) is 6.42 Å². The van der Waals surface area contributed by atoms with Gasteiger partial charge in [0.25, 0.3) is 5.91 Å². The monoisotopic (exact) mass is 342 g/mol. The van der Waals surface area contributed by atoms with E-state index >= 15 is 0 Å². The van der Waals surface area contributed by atoms with Crippen molar-refractivity contribution in [2.45, 2.75) is 37.7 Å². The van der Waals surface area contributed by atoms with Gasteiger partial charge in [0.05, 0.1) is 12.2 Å². The summed E-state index contributed by atoms with van der Waals surface area (Å²) in [7, 11) is 1.69. The number of carbonyl (C=O) groups is 1. The summed E-state index contributed by atoms with van der Waals surface area (Å²) in [6, 6.07) is 7.53. The number of amides is 1. The fourth-order valence-electron chi connectivity index (χ4n) is 3.75. The minimum Gasteiger partial charge on any atom is -0.493 e. The molecular formula is C19H22N2O4. The molecule has 1 aromatic carbocycles. The number of nitrogens with zero attached hydrogens (tertiary/aromatic N) is 2. The van der Waals surface area contributed by atoms with Gasteiger partial charge < -0.3 is 19.3 Å². The average molecular weight is 342 g/mol. The molecule has 132 valence electrons. The lowest BCUT2D eigenvalue weighted by Crippen LogP contribution is -2.41. The molecule has 2 aromatic rings. The van der Waals surface area contributed by atoms with Gasteiger partial charge in [-0.1, -0.05) is 18.0 Å². The van der Waals surface area contributed by atoms with Crippen molar-refractivity contribution in [1.29, 1.82) is 0 Å². The first kappa shape index (κ1) is 16.1. The molecule has 0 atom stereocenters. The second-order valence-corrected chi connectivity index (χ2v) is 7.09. The molecule has 1 aromatic heterocycles. The second-order valence-electron chi connectivity index (χ2n) is 7.09. The molecule has 0 spiro atoms. The van der Waals surface area contributed by atoms with Gasteiger partial charge in [-0.25, -0.2) is 0 Å². The van der Waals surface area contributed by atoms with Crippen LogP contribution in [0.1, 0.15) is 41.8 Å². The van der Waals surface area contributed by atoms with Gasteiger partial charge in [-0.2, -0.15) is 0 Å². The van der Waals surface area contributed by atoms with Crippen molar-refractivity contribution >= 4 is 5.91 Å². The summed E-state index contributed by atoms with van der Waals surface area (Å²) in [6.07, 6.45) is 4.38. The number of ether oxygens (including phenoxy) is 1. The summed E-state index contributed by atoms with van der Waals surface area (Å²) in [5, 5.41) is 14.5. The third-order valence-corrected chi connectivity index (χ3v) is 5.12. The Bertz CT molecular complexity index is 792. The van der Waals surface area contributed by atoms with E-state index in [9.17, 15) is 9.90 Å². The van der Waals surface area contributed by atoms with Crippen LogP contribution in [0, 0.1) is 0 Å². The number of rotatable bonds is 4. The van der Waals surface area contributed by atoms with Crippen LogP contribution in [-0.4, -0.2) is 46.9 Å². The Labute approximate surface area is 146 Å². The highest BCUT2D eigenvalue weighted by atomic mass is 16.5. The van der Waals surface area contributed by atoms with Crippen molar-refractivity contribution in [1.82, 2.24) is 10.1 Å². The average Bonchev–Trinajstić information content (AvgIpc) is 3.33. The molecule has 1 N–H and O–H groups in total. The van der Waals surface area contributed by atoms with Crippen molar-refractivity contribution in [3.63, 3.8) is 0 Å². The fraction of sp³-hybridized carbons (Fsp3) is 0.474. The number of aliphatic hydroxyl groups is 1. The maximum atomic E-state index is 12.6. The summed E-state index contributed by atoms with van der Waals surface area (Å²) in [5.74, 6) is 0.840. The van der Waals surface area contributed by atoms with Crippen LogP contribution < -0.4 is 4.74 Å². The van der Waals surface area contributed by atoms with E-state index in [1.54, 1.807) is 13.1 Å². The highest BCUT2D eigenvalue weighted by Gasteiger charge is 2.34. The highest BCUT2D eigenvalue weighted by molar-refractivity contribution is 5.92. The number of benzene rings is 1. The van der Waals surface area contributed by atoms with Crippen LogP contribution >= 0.6 is 0 Å². The van der Waals surface area contributed by atoms with E-state index in [0.29, 0.717) is 18.8 Å². The number of hydrogen-bond donors (Lipinski definition) is 1. The maximum absolute atomic E-state index is 12.6. The first-order chi connectivity index (χ1) is 12.0. The molecule has 0 bridgehead atoms. The smallest absolute Gasteiger partial charge is 0.292 e. The van der Waals surface area contributed by atoms with Crippen molar-refractivity contribution in [3.8, 4) is 17.0 Å². The van der Waals surface area contributed by atoms with E-state index in [1.807, 2.05) is 18.2 Å². The predicted octanol–water partition coefficient (Wildman–Crippen LogP) is 2.65. The minimum atomic E-state index is -0.771. The van der Waals surface area contributed by atoms with Gasteiger partial charge in [0.2, 0.25) is 5.76 Å². The lowest BCUT2D eigenvalue weighted by molar-refractivity contribution is 0.0144. The molecule has 1 aliphatic carbocycles. The summed E-state index contributed by atoms with van der Waals surface area (Å²) >= 11 is 0. The van der Waals surface area contributed by atoms with Crippen molar-refractivity contribution in [2.75, 3.05) is 20.2 Å². The van der Waals surface area contributed by atoms with Gasteiger partial charge in [0.1, 0.15) is 11.4 Å². The largest absolute Gasteiger partial charge is 0.493 e. The third kappa shape index (κ3) is 3.14. The van der Waals surface area contributed by atoms with E-state index in [0.717, 1.165) is 49.0 Å². The maximum Gasteiger partial charge on any atom is 0.292 e. The van der Waals surface area contributed by atoms with E-state index in [2.05, 4.69) is 5.16 Å².